The van der Waals surface area contributed by atoms with Gasteiger partial charge in [-0.15, -0.1) is 0 Å². The van der Waals surface area contributed by atoms with Crippen LogP contribution >= 0.6 is 22.6 Å². The molecule has 6 fully saturated rings. The Balaban J connectivity index is 1.45. The second-order valence-corrected chi connectivity index (χ2v) is 34.0. The number of piperidine rings is 1. The van der Waals surface area contributed by atoms with Crippen LogP contribution in [-0.2, 0) is 57.5 Å². The Labute approximate surface area is 617 Å². The molecular formula is C74H122F3IN12O12. The molecule has 4 unspecified atom stereocenters. The lowest BCUT2D eigenvalue weighted by Gasteiger charge is -2.44. The average molecular weight is 1560 g/mol. The molecule has 0 aromatic rings. The zero-order valence-electron chi connectivity index (χ0n) is 63.6. The molecule has 6 aliphatic rings. The Kier molecular flexibility index (Phi) is 31.6. The maximum atomic E-state index is 15.4. The lowest BCUT2D eigenvalue weighted by molar-refractivity contribution is -0.197. The van der Waals surface area contributed by atoms with E-state index in [1.807, 2.05) is 34.6 Å². The molecule has 0 aromatic carbocycles. The molecule has 0 bridgehead atoms. The molecule has 3 saturated carbocycles. The molecule has 3 heterocycles. The fourth-order valence-corrected chi connectivity index (χ4v) is 17.0. The summed E-state index contributed by atoms with van der Waals surface area (Å²) in [7, 11) is 8.42. The number of carbonyl (C=O) groups excluding carboxylic acids is 12. The van der Waals surface area contributed by atoms with Crippen molar-refractivity contribution in [1.82, 2.24) is 60.5 Å². The topological polar surface area (TPSA) is 279 Å². The number of likely N-dealkylation sites (tertiary alicyclic amines) is 1. The van der Waals surface area contributed by atoms with E-state index in [9.17, 15) is 33.6 Å². The summed E-state index contributed by atoms with van der Waals surface area (Å²) in [4.78, 5) is 190. The number of fused-ring (bicyclic) bond motifs is 1. The van der Waals surface area contributed by atoms with Gasteiger partial charge in [-0.05, 0) is 139 Å². The molecule has 28 heteroatoms. The van der Waals surface area contributed by atoms with E-state index in [-0.39, 0.29) is 79.1 Å². The molecule has 4 N–H and O–H groups in total. The highest BCUT2D eigenvalue weighted by Crippen LogP contribution is 2.44. The first-order valence-corrected chi connectivity index (χ1v) is 39.1. The van der Waals surface area contributed by atoms with Crippen LogP contribution in [0, 0.1) is 47.3 Å². The third-order valence-corrected chi connectivity index (χ3v) is 24.3. The summed E-state index contributed by atoms with van der Waals surface area (Å²) >= 11 is 2.35. The molecule has 0 spiro atoms. The van der Waals surface area contributed by atoms with Gasteiger partial charge >= 0.3 is 6.18 Å². The quantitative estimate of drug-likeness (QED) is 0.106. The van der Waals surface area contributed by atoms with E-state index in [1.165, 1.54) is 80.6 Å². The number of rotatable bonds is 13. The summed E-state index contributed by atoms with van der Waals surface area (Å²) in [5.74, 6) is -11.9. The fourth-order valence-electron chi connectivity index (χ4n) is 15.9. The summed E-state index contributed by atoms with van der Waals surface area (Å²) in [6.07, 6.45) is 4.63. The maximum Gasteiger partial charge on any atom is 0.392 e. The van der Waals surface area contributed by atoms with Crippen LogP contribution in [0.25, 0.3) is 0 Å². The molecule has 12 amide bonds. The van der Waals surface area contributed by atoms with Crippen LogP contribution in [0.4, 0.5) is 13.2 Å². The Morgan fingerprint density at radius 1 is 0.569 bits per heavy atom. The molecule has 0 radical (unpaired) electrons. The molecular weight excluding hydrogens is 1430 g/mol. The number of amides is 12. The van der Waals surface area contributed by atoms with E-state index < -0.39 is 175 Å². The first-order valence-electron chi connectivity index (χ1n) is 37.8. The Bertz CT molecular complexity index is 2950. The summed E-state index contributed by atoms with van der Waals surface area (Å²) in [6.45, 7) is 15.7. The van der Waals surface area contributed by atoms with Crippen molar-refractivity contribution in [3.8, 4) is 0 Å². The minimum absolute atomic E-state index is 0.00265. The van der Waals surface area contributed by atoms with E-state index in [0.717, 1.165) is 54.7 Å². The van der Waals surface area contributed by atoms with Crippen molar-refractivity contribution < 1.29 is 70.7 Å². The van der Waals surface area contributed by atoms with Crippen LogP contribution in [0.15, 0.2) is 0 Å². The number of halogens is 4. The third-order valence-electron chi connectivity index (χ3n) is 23.2. The number of nitrogens with one attached hydrogen (secondary N) is 4. The second-order valence-electron chi connectivity index (χ2n) is 32.3. The summed E-state index contributed by atoms with van der Waals surface area (Å²) < 4.78 is 45.3. The number of likely N-dealkylation sites (N-methyl/N-ethyl adjacent to an activating group) is 6. The van der Waals surface area contributed by atoms with Gasteiger partial charge in [0.1, 0.15) is 53.9 Å². The highest BCUT2D eigenvalue weighted by molar-refractivity contribution is 14.1. The van der Waals surface area contributed by atoms with Crippen molar-refractivity contribution in [3.05, 3.63) is 0 Å². The largest absolute Gasteiger partial charge is 0.392 e. The van der Waals surface area contributed by atoms with Gasteiger partial charge in [-0.1, -0.05) is 129 Å². The molecule has 578 valence electrons. The average Bonchev–Trinajstić information content (AvgIpc) is 0.795. The molecule has 102 heavy (non-hydrogen) atoms. The monoisotopic (exact) mass is 1550 g/mol. The van der Waals surface area contributed by atoms with Gasteiger partial charge in [-0.25, -0.2) is 0 Å². The summed E-state index contributed by atoms with van der Waals surface area (Å²) in [6, 6.07) is -10.4. The van der Waals surface area contributed by atoms with Gasteiger partial charge in [0, 0.05) is 65.8 Å². The SMILES string of the molecule is CC[C@H](C)[C@@H]1NC(=O)[C@H](CC(C)C)N(C)C(=O)C[C@@H](C(=O)N2CCCCC2)N(C)C(=O)[C@H](CC(C)C)NC(=O)C(C)(C)N(C)C(=O)[C@H](CC2CCCCC2C(F)(F)F)NC(=O)[C@H](CC2CCCC(I)C2)NC(=O)CN(C)C(=O)[C@H](CC2CCC(C)CC2)N(C)C(=O)[C@@H]2CCN2C(=O)CN(C)C1=O. The zero-order chi connectivity index (χ0) is 76.0. The van der Waals surface area contributed by atoms with Gasteiger partial charge in [0.25, 0.3) is 0 Å². The molecule has 3 aliphatic heterocycles. The number of carbonyl (C=O) groups is 12. The lowest BCUT2D eigenvalue weighted by atomic mass is 9.75. The van der Waals surface area contributed by atoms with Crippen molar-refractivity contribution in [2.75, 3.05) is 75.0 Å². The lowest BCUT2D eigenvalue weighted by Crippen LogP contribution is -2.64. The van der Waals surface area contributed by atoms with Gasteiger partial charge in [0.15, 0.2) is 0 Å². The molecule has 24 nitrogen and oxygen atoms in total. The van der Waals surface area contributed by atoms with Gasteiger partial charge in [-0.3, -0.25) is 57.5 Å². The zero-order valence-corrected chi connectivity index (χ0v) is 65.8. The first-order chi connectivity index (χ1) is 47.8. The first kappa shape index (κ1) is 85.1. The summed E-state index contributed by atoms with van der Waals surface area (Å²) in [5, 5.41) is 11.4. The predicted octanol–water partition coefficient (Wildman–Crippen LogP) is 7.07. The van der Waals surface area contributed by atoms with E-state index in [1.54, 1.807) is 11.8 Å². The summed E-state index contributed by atoms with van der Waals surface area (Å²) in [5.41, 5.74) is -1.90. The number of hydrogen-bond acceptors (Lipinski definition) is 12. The van der Waals surface area contributed by atoms with Crippen LogP contribution in [0.1, 0.15) is 210 Å². The van der Waals surface area contributed by atoms with E-state index in [0.29, 0.717) is 64.0 Å². The van der Waals surface area contributed by atoms with Crippen LogP contribution in [0.5, 0.6) is 0 Å². The fraction of sp³-hybridized carbons (Fsp3) is 0.838. The molecule has 3 aliphatic carbocycles. The van der Waals surface area contributed by atoms with Crippen molar-refractivity contribution in [2.24, 2.45) is 47.3 Å². The van der Waals surface area contributed by atoms with E-state index in [2.05, 4.69) is 50.8 Å². The molecule has 3 saturated heterocycles. The van der Waals surface area contributed by atoms with Gasteiger partial charge in [0.05, 0.1) is 25.4 Å². The van der Waals surface area contributed by atoms with Crippen LogP contribution in [0.2, 0.25) is 0 Å². The number of nitrogens with zero attached hydrogens (tertiary/aromatic N) is 8. The van der Waals surface area contributed by atoms with Crippen molar-refractivity contribution in [3.63, 3.8) is 0 Å². The minimum Gasteiger partial charge on any atom is -0.343 e. The second kappa shape index (κ2) is 37.9. The Hall–Kier alpha value is -5.84. The van der Waals surface area contributed by atoms with Crippen molar-refractivity contribution >= 4 is 93.5 Å². The van der Waals surface area contributed by atoms with Crippen LogP contribution < -0.4 is 21.3 Å². The van der Waals surface area contributed by atoms with Crippen LogP contribution in [-0.4, -0.2) is 249 Å². The molecule has 0 aromatic heterocycles. The number of alkyl halides is 4. The standard InChI is InChI=1S/C74H122F3IN12O12/c1-16-47(7)63-71(101)84(11)43-62(93)90-34-31-56(90)69(99)87(14)58(39-48-29-27-46(6)28-30-48)68(98)83(10)42-60(91)79-53(38-49-23-22-25-51(78)37-49)64(94)80-55(40-50-24-18-19-26-52(50)74(75,76)77)67(97)88(15)73(8,9)72(102)81-54(35-44(2)3)66(96)86(13)59(70(100)89-32-20-17-21-33-89)41-61(92)85(12)57(36-45(4)5)65(95)82-63/h44-59,63H,16-43H2,1-15H3,(H,79,91)(H,80,94)(H,81,102)(H,82,95)/t46?,47-,48?,49?,50?,51?,52?,53-,54-,55-,56-,57-,58-,59-,63-/m0/s1. The van der Waals surface area contributed by atoms with Crippen LogP contribution in [0.3, 0.4) is 0 Å². The maximum absolute atomic E-state index is 15.4. The third kappa shape index (κ3) is 22.6. The minimum atomic E-state index is -4.65. The normalized spacial score (nSPS) is 31.5. The molecule has 13 atom stereocenters. The van der Waals surface area contributed by atoms with Crippen molar-refractivity contribution in [2.45, 2.75) is 274 Å². The smallest absolute Gasteiger partial charge is 0.343 e. The van der Waals surface area contributed by atoms with E-state index in [4.69, 9.17) is 0 Å². The predicted molar refractivity (Wildman–Crippen MR) is 389 cm³/mol. The molecule has 6 rings (SSSR count). The Morgan fingerprint density at radius 3 is 1.78 bits per heavy atom. The Morgan fingerprint density at radius 2 is 1.20 bits per heavy atom. The van der Waals surface area contributed by atoms with Gasteiger partial charge in [0.2, 0.25) is 70.9 Å². The van der Waals surface area contributed by atoms with Gasteiger partial charge in [-0.2, -0.15) is 13.2 Å². The van der Waals surface area contributed by atoms with Gasteiger partial charge < -0.3 is 60.5 Å². The van der Waals surface area contributed by atoms with Crippen molar-refractivity contribution in [1.29, 1.82) is 0 Å². The number of hydrogen-bond donors (Lipinski definition) is 4. The highest BCUT2D eigenvalue weighted by Gasteiger charge is 2.50. The highest BCUT2D eigenvalue weighted by atomic mass is 127. The van der Waals surface area contributed by atoms with E-state index >= 15 is 37.1 Å².